The third kappa shape index (κ3) is 4.85. The third-order valence-electron chi connectivity index (χ3n) is 3.33. The van der Waals surface area contributed by atoms with E-state index in [2.05, 4.69) is 10.3 Å². The van der Waals surface area contributed by atoms with Crippen molar-refractivity contribution in [3.63, 3.8) is 0 Å². The molecular formula is C17H14F4N2O2. The van der Waals surface area contributed by atoms with Crippen molar-refractivity contribution in [1.29, 1.82) is 0 Å². The molecule has 132 valence electrons. The van der Waals surface area contributed by atoms with Gasteiger partial charge >= 0.3 is 6.18 Å². The monoisotopic (exact) mass is 354 g/mol. The molecular weight excluding hydrogens is 340 g/mol. The molecule has 1 aromatic carbocycles. The predicted octanol–water partition coefficient (Wildman–Crippen LogP) is 3.30. The number of rotatable bonds is 5. The zero-order chi connectivity index (χ0) is 18.6. The summed E-state index contributed by atoms with van der Waals surface area (Å²) >= 11 is 0. The van der Waals surface area contributed by atoms with Crippen LogP contribution < -0.4 is 5.32 Å². The first-order valence-corrected chi connectivity index (χ1v) is 7.25. The zero-order valence-corrected chi connectivity index (χ0v) is 13.2. The lowest BCUT2D eigenvalue weighted by atomic mass is 10.1. The normalized spacial score (nSPS) is 11.2. The standard InChI is InChI=1S/C17H14F4N2O2/c1-10(24)7-13-8-11(5-6-22-13)16(25)23-9-12-3-2-4-14(15(12)18)17(19,20)21/h2-6,8H,7,9H2,1H3,(H,23,25). The van der Waals surface area contributed by atoms with Gasteiger partial charge in [0.2, 0.25) is 0 Å². The average Bonchev–Trinajstić information content (AvgIpc) is 2.52. The van der Waals surface area contributed by atoms with Crippen LogP contribution in [0.3, 0.4) is 0 Å². The number of pyridine rings is 1. The molecule has 0 spiro atoms. The second-order valence-electron chi connectivity index (χ2n) is 5.37. The number of nitrogens with one attached hydrogen (secondary N) is 1. The molecule has 0 saturated heterocycles. The summed E-state index contributed by atoms with van der Waals surface area (Å²) in [6, 6.07) is 5.67. The fourth-order valence-corrected chi connectivity index (χ4v) is 2.18. The van der Waals surface area contributed by atoms with E-state index in [1.807, 2.05) is 0 Å². The zero-order valence-electron chi connectivity index (χ0n) is 13.2. The van der Waals surface area contributed by atoms with Crippen molar-refractivity contribution in [2.24, 2.45) is 0 Å². The van der Waals surface area contributed by atoms with Crippen molar-refractivity contribution in [2.75, 3.05) is 0 Å². The van der Waals surface area contributed by atoms with E-state index >= 15 is 0 Å². The van der Waals surface area contributed by atoms with E-state index in [4.69, 9.17) is 0 Å². The van der Waals surface area contributed by atoms with Gasteiger partial charge in [-0.05, 0) is 25.1 Å². The van der Waals surface area contributed by atoms with Gasteiger partial charge in [0.05, 0.1) is 5.56 Å². The topological polar surface area (TPSA) is 59.1 Å². The summed E-state index contributed by atoms with van der Waals surface area (Å²) in [4.78, 5) is 27.1. The molecule has 0 fully saturated rings. The molecule has 4 nitrogen and oxygen atoms in total. The Morgan fingerprint density at radius 3 is 2.56 bits per heavy atom. The lowest BCUT2D eigenvalue weighted by Gasteiger charge is -2.12. The summed E-state index contributed by atoms with van der Waals surface area (Å²) < 4.78 is 51.9. The van der Waals surface area contributed by atoms with Gasteiger partial charge in [-0.3, -0.25) is 14.6 Å². The quantitative estimate of drug-likeness (QED) is 0.838. The highest BCUT2D eigenvalue weighted by atomic mass is 19.4. The Kier molecular flexibility index (Phi) is 5.51. The van der Waals surface area contributed by atoms with Crippen LogP contribution in [0.2, 0.25) is 0 Å². The highest BCUT2D eigenvalue weighted by molar-refractivity contribution is 5.94. The number of carbonyl (C=O) groups excluding carboxylic acids is 2. The number of halogens is 4. The van der Waals surface area contributed by atoms with Crippen LogP contribution in [0.4, 0.5) is 17.6 Å². The van der Waals surface area contributed by atoms with Gasteiger partial charge in [-0.25, -0.2) is 4.39 Å². The SMILES string of the molecule is CC(=O)Cc1cc(C(=O)NCc2cccc(C(F)(F)F)c2F)ccn1. The predicted molar refractivity (Wildman–Crippen MR) is 81.2 cm³/mol. The van der Waals surface area contributed by atoms with Crippen molar-refractivity contribution < 1.29 is 27.2 Å². The first-order chi connectivity index (χ1) is 11.7. The van der Waals surface area contributed by atoms with Crippen LogP contribution in [-0.2, 0) is 23.9 Å². The number of ketones is 1. The maximum atomic E-state index is 13.9. The van der Waals surface area contributed by atoms with Crippen molar-refractivity contribution in [3.8, 4) is 0 Å². The number of aromatic nitrogens is 1. The largest absolute Gasteiger partial charge is 0.419 e. The molecule has 1 aromatic heterocycles. The number of nitrogens with zero attached hydrogens (tertiary/aromatic N) is 1. The van der Waals surface area contributed by atoms with E-state index in [1.165, 1.54) is 31.3 Å². The molecule has 0 saturated carbocycles. The number of benzene rings is 1. The molecule has 0 atom stereocenters. The van der Waals surface area contributed by atoms with Crippen molar-refractivity contribution in [2.45, 2.75) is 26.1 Å². The van der Waals surface area contributed by atoms with Gasteiger partial charge in [-0.2, -0.15) is 13.2 Å². The molecule has 0 radical (unpaired) electrons. The minimum Gasteiger partial charge on any atom is -0.348 e. The average molecular weight is 354 g/mol. The summed E-state index contributed by atoms with van der Waals surface area (Å²) in [5.41, 5.74) is -1.09. The number of hydrogen-bond donors (Lipinski definition) is 1. The maximum Gasteiger partial charge on any atom is 0.419 e. The summed E-state index contributed by atoms with van der Waals surface area (Å²) in [6.07, 6.45) is -3.40. The van der Waals surface area contributed by atoms with Gasteiger partial charge in [-0.1, -0.05) is 12.1 Å². The summed E-state index contributed by atoms with van der Waals surface area (Å²) in [5.74, 6) is -2.15. The van der Waals surface area contributed by atoms with Gasteiger partial charge in [0, 0.05) is 36.0 Å². The molecule has 0 aliphatic carbocycles. The van der Waals surface area contributed by atoms with Gasteiger partial charge in [0.1, 0.15) is 11.6 Å². The number of carbonyl (C=O) groups is 2. The summed E-state index contributed by atoms with van der Waals surface area (Å²) in [5, 5.41) is 2.36. The van der Waals surface area contributed by atoms with Gasteiger partial charge in [0.25, 0.3) is 5.91 Å². The molecule has 0 aliphatic rings. The Hall–Kier alpha value is -2.77. The fraction of sp³-hybridized carbons (Fsp3) is 0.235. The third-order valence-corrected chi connectivity index (χ3v) is 3.33. The Labute approximate surface area is 140 Å². The van der Waals surface area contributed by atoms with Crippen molar-refractivity contribution in [3.05, 3.63) is 64.7 Å². The molecule has 8 heteroatoms. The van der Waals surface area contributed by atoms with Crippen LogP contribution in [-0.4, -0.2) is 16.7 Å². The molecule has 2 aromatic rings. The Balaban J connectivity index is 2.12. The van der Waals surface area contributed by atoms with E-state index in [1.54, 1.807) is 0 Å². The minimum atomic E-state index is -4.81. The van der Waals surface area contributed by atoms with Crippen molar-refractivity contribution >= 4 is 11.7 Å². The molecule has 1 amide bonds. The van der Waals surface area contributed by atoms with Gasteiger partial charge < -0.3 is 5.32 Å². The summed E-state index contributed by atoms with van der Waals surface area (Å²) in [6.45, 7) is 0.976. The van der Waals surface area contributed by atoms with Crippen LogP contribution in [0.15, 0.2) is 36.5 Å². The van der Waals surface area contributed by atoms with Gasteiger partial charge in [0.15, 0.2) is 0 Å². The maximum absolute atomic E-state index is 13.9. The number of amides is 1. The molecule has 0 unspecified atom stereocenters. The van der Waals surface area contributed by atoms with Gasteiger partial charge in [-0.15, -0.1) is 0 Å². The smallest absolute Gasteiger partial charge is 0.348 e. The van der Waals surface area contributed by atoms with E-state index < -0.39 is 30.0 Å². The first-order valence-electron chi connectivity index (χ1n) is 7.25. The first kappa shape index (κ1) is 18.6. The van der Waals surface area contributed by atoms with Crippen LogP contribution in [0.1, 0.15) is 34.1 Å². The number of hydrogen-bond acceptors (Lipinski definition) is 3. The Bertz CT molecular complexity index is 803. The van der Waals surface area contributed by atoms with E-state index in [0.717, 1.165) is 6.07 Å². The second-order valence-corrected chi connectivity index (χ2v) is 5.37. The molecule has 2 rings (SSSR count). The van der Waals surface area contributed by atoms with E-state index in [0.29, 0.717) is 11.8 Å². The Morgan fingerprint density at radius 1 is 1.20 bits per heavy atom. The summed E-state index contributed by atoms with van der Waals surface area (Å²) in [7, 11) is 0. The molecule has 0 aliphatic heterocycles. The molecule has 0 bridgehead atoms. The highest BCUT2D eigenvalue weighted by Gasteiger charge is 2.34. The second kappa shape index (κ2) is 7.42. The molecule has 25 heavy (non-hydrogen) atoms. The van der Waals surface area contributed by atoms with Crippen LogP contribution in [0.25, 0.3) is 0 Å². The number of alkyl halides is 3. The fourth-order valence-electron chi connectivity index (χ4n) is 2.18. The Morgan fingerprint density at radius 2 is 1.92 bits per heavy atom. The minimum absolute atomic E-state index is 0.0589. The molecule has 1 heterocycles. The van der Waals surface area contributed by atoms with E-state index in [-0.39, 0.29) is 23.3 Å². The number of Topliss-reactive ketones (excluding diaryl/α,β-unsaturated/α-hetero) is 1. The van der Waals surface area contributed by atoms with Crippen LogP contribution in [0, 0.1) is 5.82 Å². The van der Waals surface area contributed by atoms with Crippen molar-refractivity contribution in [1.82, 2.24) is 10.3 Å². The van der Waals surface area contributed by atoms with Crippen LogP contribution >= 0.6 is 0 Å². The van der Waals surface area contributed by atoms with Crippen LogP contribution in [0.5, 0.6) is 0 Å². The lowest BCUT2D eigenvalue weighted by molar-refractivity contribution is -0.140. The molecule has 1 N–H and O–H groups in total. The van der Waals surface area contributed by atoms with E-state index in [9.17, 15) is 27.2 Å². The highest BCUT2D eigenvalue weighted by Crippen LogP contribution is 2.32. The lowest BCUT2D eigenvalue weighted by Crippen LogP contribution is -2.24.